The molecule has 3 aromatic rings. The number of methoxy groups -OCH3 is 1. The Kier molecular flexibility index (Phi) is 5.44. The highest BCUT2D eigenvalue weighted by Gasteiger charge is 2.20. The SMILES string of the molecule is COC(=O)c1c(NC=C(C#N)c2nc(-c3ccc4c(c3)OCO4)cs2)sc(C)c1C. The average molecular weight is 440 g/mol. The lowest BCUT2D eigenvalue weighted by Gasteiger charge is -2.03. The molecule has 0 radical (unpaired) electrons. The number of aryl methyl sites for hydroxylation is 1. The number of anilines is 1. The maximum Gasteiger partial charge on any atom is 0.341 e. The van der Waals surface area contributed by atoms with Crippen molar-refractivity contribution in [1.29, 1.82) is 5.26 Å². The highest BCUT2D eigenvalue weighted by atomic mass is 32.1. The lowest BCUT2D eigenvalue weighted by Crippen LogP contribution is -2.04. The normalized spacial score (nSPS) is 12.5. The van der Waals surface area contributed by atoms with Crippen molar-refractivity contribution in [2.24, 2.45) is 0 Å². The number of benzene rings is 1. The van der Waals surface area contributed by atoms with Crippen LogP contribution in [-0.4, -0.2) is 24.9 Å². The predicted molar refractivity (Wildman–Crippen MR) is 116 cm³/mol. The van der Waals surface area contributed by atoms with Crippen LogP contribution in [0.5, 0.6) is 11.5 Å². The fourth-order valence-electron chi connectivity index (χ4n) is 2.94. The summed E-state index contributed by atoms with van der Waals surface area (Å²) >= 11 is 2.80. The van der Waals surface area contributed by atoms with Gasteiger partial charge in [-0.25, -0.2) is 9.78 Å². The maximum atomic E-state index is 12.1. The number of nitrogens with one attached hydrogen (secondary N) is 1. The van der Waals surface area contributed by atoms with Gasteiger partial charge in [0.25, 0.3) is 0 Å². The summed E-state index contributed by atoms with van der Waals surface area (Å²) in [7, 11) is 1.35. The predicted octanol–water partition coefficient (Wildman–Crippen LogP) is 4.98. The van der Waals surface area contributed by atoms with Crippen molar-refractivity contribution in [3.63, 3.8) is 0 Å². The molecule has 3 heterocycles. The van der Waals surface area contributed by atoms with Crippen molar-refractivity contribution in [3.05, 3.63) is 50.8 Å². The summed E-state index contributed by atoms with van der Waals surface area (Å²) in [6.45, 7) is 4.02. The molecule has 0 atom stereocenters. The van der Waals surface area contributed by atoms with Crippen LogP contribution in [-0.2, 0) is 4.74 Å². The van der Waals surface area contributed by atoms with Gasteiger partial charge >= 0.3 is 5.97 Å². The Morgan fingerprint density at radius 3 is 2.90 bits per heavy atom. The number of thiazole rings is 1. The number of esters is 1. The number of hydrogen-bond acceptors (Lipinski definition) is 9. The third-order valence-corrected chi connectivity index (χ3v) is 6.66. The first kappa shape index (κ1) is 19.9. The zero-order chi connectivity index (χ0) is 21.3. The van der Waals surface area contributed by atoms with E-state index in [4.69, 9.17) is 14.2 Å². The van der Waals surface area contributed by atoms with Crippen LogP contribution in [0.4, 0.5) is 5.00 Å². The van der Waals surface area contributed by atoms with Crippen LogP contribution in [0.15, 0.2) is 29.8 Å². The Hall–Kier alpha value is -3.35. The van der Waals surface area contributed by atoms with Crippen molar-refractivity contribution < 1.29 is 19.0 Å². The number of rotatable bonds is 5. The average Bonchev–Trinajstić information content (AvgIpc) is 3.47. The molecule has 0 bridgehead atoms. The largest absolute Gasteiger partial charge is 0.465 e. The van der Waals surface area contributed by atoms with Crippen LogP contribution in [0.25, 0.3) is 16.8 Å². The highest BCUT2D eigenvalue weighted by molar-refractivity contribution is 7.16. The number of hydrogen-bond donors (Lipinski definition) is 1. The lowest BCUT2D eigenvalue weighted by molar-refractivity contribution is 0.0601. The first-order valence-corrected chi connectivity index (χ1v) is 10.6. The topological polar surface area (TPSA) is 93.5 Å². The number of allylic oxidation sites excluding steroid dienone is 1. The van der Waals surface area contributed by atoms with E-state index in [2.05, 4.69) is 16.4 Å². The van der Waals surface area contributed by atoms with Gasteiger partial charge in [0, 0.05) is 22.0 Å². The zero-order valence-electron chi connectivity index (χ0n) is 16.4. The number of carbonyl (C=O) groups excluding carboxylic acids is 1. The highest BCUT2D eigenvalue weighted by Crippen LogP contribution is 2.37. The van der Waals surface area contributed by atoms with E-state index >= 15 is 0 Å². The molecule has 1 aliphatic rings. The van der Waals surface area contributed by atoms with Gasteiger partial charge in [-0.05, 0) is 37.6 Å². The number of nitriles is 1. The molecule has 0 aliphatic carbocycles. The molecule has 0 saturated carbocycles. The molecule has 0 unspecified atom stereocenters. The van der Waals surface area contributed by atoms with Crippen molar-refractivity contribution in [1.82, 2.24) is 4.98 Å². The van der Waals surface area contributed by atoms with Crippen LogP contribution in [0.1, 0.15) is 25.8 Å². The van der Waals surface area contributed by atoms with Crippen LogP contribution in [0.2, 0.25) is 0 Å². The van der Waals surface area contributed by atoms with Gasteiger partial charge in [-0.2, -0.15) is 5.26 Å². The van der Waals surface area contributed by atoms with E-state index in [1.165, 1.54) is 29.8 Å². The molecule has 4 rings (SSSR count). The van der Waals surface area contributed by atoms with E-state index in [-0.39, 0.29) is 6.79 Å². The Morgan fingerprint density at radius 2 is 2.13 bits per heavy atom. The van der Waals surface area contributed by atoms with Gasteiger partial charge < -0.3 is 19.5 Å². The fourth-order valence-corrected chi connectivity index (χ4v) is 4.75. The summed E-state index contributed by atoms with van der Waals surface area (Å²) in [5.74, 6) is 0.975. The van der Waals surface area contributed by atoms with Gasteiger partial charge in [-0.3, -0.25) is 0 Å². The van der Waals surface area contributed by atoms with Crippen LogP contribution < -0.4 is 14.8 Å². The molecule has 0 spiro atoms. The van der Waals surface area contributed by atoms with Gasteiger partial charge in [-0.15, -0.1) is 22.7 Å². The van der Waals surface area contributed by atoms with Gasteiger partial charge in [0.1, 0.15) is 21.7 Å². The molecular formula is C21H17N3O4S2. The van der Waals surface area contributed by atoms with Crippen LogP contribution in [0.3, 0.4) is 0 Å². The van der Waals surface area contributed by atoms with Gasteiger partial charge in [-0.1, -0.05) is 0 Å². The number of thiophene rings is 1. The first-order valence-electron chi connectivity index (χ1n) is 8.93. The Balaban J connectivity index is 1.60. The number of ether oxygens (including phenoxy) is 3. The molecule has 30 heavy (non-hydrogen) atoms. The summed E-state index contributed by atoms with van der Waals surface area (Å²) in [5, 5.41) is 15.8. The molecule has 0 amide bonds. The number of aromatic nitrogens is 1. The Labute approximate surface area is 181 Å². The van der Waals surface area contributed by atoms with E-state index in [0.29, 0.717) is 32.6 Å². The van der Waals surface area contributed by atoms with Gasteiger partial charge in [0.15, 0.2) is 11.5 Å². The van der Waals surface area contributed by atoms with E-state index < -0.39 is 5.97 Å². The standard InChI is InChI=1S/C21H17N3O4S2/c1-11-12(2)30-20(18(11)21(25)26-3)23-8-14(7-22)19-24-15(9-29-19)13-4-5-16-17(6-13)28-10-27-16/h4-6,8-9,23H,10H2,1-3H3. The molecule has 9 heteroatoms. The summed E-state index contributed by atoms with van der Waals surface area (Å²) in [6, 6.07) is 7.78. The molecule has 1 aliphatic heterocycles. The molecule has 0 fully saturated rings. The second kappa shape index (κ2) is 8.18. The lowest BCUT2D eigenvalue weighted by atomic mass is 10.1. The monoisotopic (exact) mass is 439 g/mol. The van der Waals surface area contributed by atoms with Crippen LogP contribution in [0, 0.1) is 25.2 Å². The number of nitrogens with zero attached hydrogens (tertiary/aromatic N) is 2. The fraction of sp³-hybridized carbons (Fsp3) is 0.190. The molecule has 152 valence electrons. The number of fused-ring (bicyclic) bond motifs is 1. The van der Waals surface area contributed by atoms with Crippen molar-refractivity contribution in [2.45, 2.75) is 13.8 Å². The second-order valence-electron chi connectivity index (χ2n) is 6.40. The zero-order valence-corrected chi connectivity index (χ0v) is 18.1. The molecule has 7 nitrogen and oxygen atoms in total. The smallest absolute Gasteiger partial charge is 0.341 e. The summed E-state index contributed by atoms with van der Waals surface area (Å²) < 4.78 is 15.6. The molecule has 0 saturated heterocycles. The third-order valence-electron chi connectivity index (χ3n) is 4.65. The summed E-state index contributed by atoms with van der Waals surface area (Å²) in [6.07, 6.45) is 1.57. The first-order chi connectivity index (χ1) is 14.5. The summed E-state index contributed by atoms with van der Waals surface area (Å²) in [4.78, 5) is 17.7. The Bertz CT molecular complexity index is 1200. The molecule has 1 N–H and O–H groups in total. The molecule has 2 aromatic heterocycles. The van der Waals surface area contributed by atoms with E-state index in [1.807, 2.05) is 37.4 Å². The minimum Gasteiger partial charge on any atom is -0.465 e. The maximum absolute atomic E-state index is 12.1. The third kappa shape index (κ3) is 3.63. The second-order valence-corrected chi connectivity index (χ2v) is 8.48. The minimum absolute atomic E-state index is 0.212. The molecule has 1 aromatic carbocycles. The van der Waals surface area contributed by atoms with Gasteiger partial charge in [0.2, 0.25) is 6.79 Å². The molecular weight excluding hydrogens is 422 g/mol. The van der Waals surface area contributed by atoms with Crippen molar-refractivity contribution in [3.8, 4) is 28.8 Å². The van der Waals surface area contributed by atoms with Crippen molar-refractivity contribution >= 4 is 39.2 Å². The quantitative estimate of drug-likeness (QED) is 0.443. The summed E-state index contributed by atoms with van der Waals surface area (Å²) in [5.41, 5.74) is 3.33. The van der Waals surface area contributed by atoms with Crippen molar-refractivity contribution in [2.75, 3.05) is 19.2 Å². The van der Waals surface area contributed by atoms with E-state index in [0.717, 1.165) is 21.7 Å². The van der Waals surface area contributed by atoms with Gasteiger partial charge in [0.05, 0.1) is 18.4 Å². The van der Waals surface area contributed by atoms with Crippen LogP contribution >= 0.6 is 22.7 Å². The van der Waals surface area contributed by atoms with E-state index in [9.17, 15) is 10.1 Å². The Morgan fingerprint density at radius 1 is 1.33 bits per heavy atom. The minimum atomic E-state index is -0.411. The number of carbonyl (C=O) groups is 1. The van der Waals surface area contributed by atoms with E-state index in [1.54, 1.807) is 6.20 Å².